The SMILES string of the molecule is COc1ccc(-c2cc(C(CC(=O)O)c3ccc(S(N)(=O)=O)cc3)on2)cc1F. The minimum Gasteiger partial charge on any atom is -0.494 e. The number of hydrogen-bond acceptors (Lipinski definition) is 6. The first-order valence-corrected chi connectivity index (χ1v) is 9.88. The van der Waals surface area contributed by atoms with Crippen molar-refractivity contribution in [1.82, 2.24) is 5.16 Å². The predicted molar refractivity (Wildman–Crippen MR) is 100 cm³/mol. The normalized spacial score (nSPS) is 12.5. The zero-order valence-corrected chi connectivity index (χ0v) is 16.0. The number of aliphatic carboxylic acids is 1. The minimum absolute atomic E-state index is 0.0798. The van der Waals surface area contributed by atoms with Crippen LogP contribution >= 0.6 is 0 Å². The molecule has 0 fully saturated rings. The van der Waals surface area contributed by atoms with E-state index < -0.39 is 27.7 Å². The molecule has 0 aliphatic carbocycles. The zero-order chi connectivity index (χ0) is 21.2. The molecule has 0 radical (unpaired) electrons. The van der Waals surface area contributed by atoms with Gasteiger partial charge < -0.3 is 14.4 Å². The molecule has 0 spiro atoms. The Morgan fingerprint density at radius 2 is 1.93 bits per heavy atom. The standard InChI is InChI=1S/C19H17FN2O6S/c1-27-17-7-4-12(8-15(17)20)16-10-18(28-22-16)14(9-19(23)24)11-2-5-13(6-3-11)29(21,25)26/h2-8,10,14H,9H2,1H3,(H,23,24)(H2,21,25,26). The summed E-state index contributed by atoms with van der Waals surface area (Å²) in [5.41, 5.74) is 1.25. The van der Waals surface area contributed by atoms with E-state index >= 15 is 0 Å². The van der Waals surface area contributed by atoms with Gasteiger partial charge in [-0.1, -0.05) is 17.3 Å². The lowest BCUT2D eigenvalue weighted by Crippen LogP contribution is -2.12. The molecule has 0 saturated carbocycles. The van der Waals surface area contributed by atoms with Crippen molar-refractivity contribution in [3.8, 4) is 17.0 Å². The molecule has 3 aromatic rings. The molecule has 10 heteroatoms. The molecular formula is C19H17FN2O6S. The highest BCUT2D eigenvalue weighted by molar-refractivity contribution is 7.89. The van der Waals surface area contributed by atoms with Gasteiger partial charge >= 0.3 is 5.97 Å². The molecule has 152 valence electrons. The van der Waals surface area contributed by atoms with Crippen molar-refractivity contribution in [3.63, 3.8) is 0 Å². The number of nitrogens with two attached hydrogens (primary N) is 1. The second-order valence-corrected chi connectivity index (χ2v) is 7.79. The van der Waals surface area contributed by atoms with Crippen LogP contribution in [0.15, 0.2) is 57.9 Å². The summed E-state index contributed by atoms with van der Waals surface area (Å²) in [5, 5.41) is 18.3. The number of benzene rings is 2. The predicted octanol–water partition coefficient (Wildman–Crippen LogP) is 2.74. The lowest BCUT2D eigenvalue weighted by Gasteiger charge is -2.12. The van der Waals surface area contributed by atoms with E-state index in [0.717, 1.165) is 0 Å². The molecule has 29 heavy (non-hydrogen) atoms. The molecule has 1 unspecified atom stereocenters. The molecule has 0 amide bonds. The highest BCUT2D eigenvalue weighted by Gasteiger charge is 2.24. The molecular weight excluding hydrogens is 403 g/mol. The van der Waals surface area contributed by atoms with Gasteiger partial charge in [-0.05, 0) is 35.9 Å². The lowest BCUT2D eigenvalue weighted by molar-refractivity contribution is -0.137. The number of sulfonamides is 1. The third-order valence-corrected chi connectivity index (χ3v) is 5.24. The highest BCUT2D eigenvalue weighted by Crippen LogP contribution is 2.32. The molecule has 0 saturated heterocycles. The van der Waals surface area contributed by atoms with Gasteiger partial charge in [0, 0.05) is 11.6 Å². The Balaban J connectivity index is 1.96. The van der Waals surface area contributed by atoms with Crippen LogP contribution in [0, 0.1) is 5.82 Å². The van der Waals surface area contributed by atoms with Crippen LogP contribution in [0.4, 0.5) is 4.39 Å². The van der Waals surface area contributed by atoms with Crippen LogP contribution in [0.25, 0.3) is 11.3 Å². The van der Waals surface area contributed by atoms with E-state index in [1.54, 1.807) is 6.07 Å². The largest absolute Gasteiger partial charge is 0.494 e. The van der Waals surface area contributed by atoms with Gasteiger partial charge in [-0.25, -0.2) is 17.9 Å². The van der Waals surface area contributed by atoms with E-state index in [1.807, 2.05) is 0 Å². The first-order chi connectivity index (χ1) is 13.7. The lowest BCUT2D eigenvalue weighted by atomic mass is 9.93. The fraction of sp³-hybridized carbons (Fsp3) is 0.158. The van der Waals surface area contributed by atoms with Crippen molar-refractivity contribution >= 4 is 16.0 Å². The third-order valence-electron chi connectivity index (χ3n) is 4.31. The van der Waals surface area contributed by atoms with E-state index in [0.29, 0.717) is 16.8 Å². The number of carbonyl (C=O) groups is 1. The number of methoxy groups -OCH3 is 1. The summed E-state index contributed by atoms with van der Waals surface area (Å²) in [6.07, 6.45) is -0.319. The Morgan fingerprint density at radius 3 is 2.48 bits per heavy atom. The van der Waals surface area contributed by atoms with Crippen molar-refractivity contribution in [2.75, 3.05) is 7.11 Å². The molecule has 8 nitrogen and oxygen atoms in total. The topological polar surface area (TPSA) is 133 Å². The number of ether oxygens (including phenoxy) is 1. The van der Waals surface area contributed by atoms with Crippen LogP contribution < -0.4 is 9.88 Å². The zero-order valence-electron chi connectivity index (χ0n) is 15.2. The minimum atomic E-state index is -3.87. The molecule has 0 aliphatic heterocycles. The van der Waals surface area contributed by atoms with Crippen LogP contribution in [0.1, 0.15) is 23.7 Å². The molecule has 1 aromatic heterocycles. The summed E-state index contributed by atoms with van der Waals surface area (Å²) >= 11 is 0. The second kappa shape index (κ2) is 8.02. The molecule has 3 N–H and O–H groups in total. The van der Waals surface area contributed by atoms with Gasteiger partial charge in [0.2, 0.25) is 10.0 Å². The molecule has 1 atom stereocenters. The first-order valence-electron chi connectivity index (χ1n) is 8.34. The number of primary sulfonamides is 1. The summed E-state index contributed by atoms with van der Waals surface area (Å²) in [6, 6.07) is 11.3. The van der Waals surface area contributed by atoms with Crippen molar-refractivity contribution in [2.45, 2.75) is 17.2 Å². The van der Waals surface area contributed by atoms with Crippen LogP contribution in [0.3, 0.4) is 0 Å². The van der Waals surface area contributed by atoms with E-state index in [-0.39, 0.29) is 22.8 Å². The maximum absolute atomic E-state index is 14.0. The van der Waals surface area contributed by atoms with Gasteiger partial charge in [-0.3, -0.25) is 4.79 Å². The van der Waals surface area contributed by atoms with E-state index in [9.17, 15) is 22.7 Å². The Morgan fingerprint density at radius 1 is 1.24 bits per heavy atom. The number of aromatic nitrogens is 1. The summed E-state index contributed by atoms with van der Waals surface area (Å²) in [6.45, 7) is 0. The summed E-state index contributed by atoms with van der Waals surface area (Å²) in [7, 11) is -2.52. The summed E-state index contributed by atoms with van der Waals surface area (Å²) in [4.78, 5) is 11.2. The maximum atomic E-state index is 14.0. The van der Waals surface area contributed by atoms with Crippen molar-refractivity contribution < 1.29 is 32.0 Å². The monoisotopic (exact) mass is 420 g/mol. The van der Waals surface area contributed by atoms with Crippen LogP contribution in [-0.4, -0.2) is 31.8 Å². The Kier molecular flexibility index (Phi) is 5.66. The van der Waals surface area contributed by atoms with Crippen LogP contribution in [-0.2, 0) is 14.8 Å². The number of carboxylic acid groups (broad SMARTS) is 1. The van der Waals surface area contributed by atoms with Gasteiger partial charge in [0.1, 0.15) is 11.5 Å². The van der Waals surface area contributed by atoms with Gasteiger partial charge in [-0.2, -0.15) is 0 Å². The van der Waals surface area contributed by atoms with Gasteiger partial charge in [0.25, 0.3) is 0 Å². The second-order valence-electron chi connectivity index (χ2n) is 6.23. The molecule has 0 bridgehead atoms. The molecule has 1 heterocycles. The van der Waals surface area contributed by atoms with Crippen molar-refractivity contribution in [3.05, 3.63) is 65.7 Å². The third kappa shape index (κ3) is 4.61. The fourth-order valence-corrected chi connectivity index (χ4v) is 3.38. The molecule has 0 aliphatic rings. The fourth-order valence-electron chi connectivity index (χ4n) is 2.86. The maximum Gasteiger partial charge on any atom is 0.304 e. The summed E-state index contributed by atoms with van der Waals surface area (Å²) in [5.74, 6) is -2.07. The highest BCUT2D eigenvalue weighted by atomic mass is 32.2. The first kappa shape index (κ1) is 20.5. The Bertz CT molecular complexity index is 1140. The molecule has 3 rings (SSSR count). The van der Waals surface area contributed by atoms with Gasteiger partial charge in [0.15, 0.2) is 11.6 Å². The average molecular weight is 420 g/mol. The van der Waals surface area contributed by atoms with Crippen LogP contribution in [0.2, 0.25) is 0 Å². The Labute approximate surface area is 165 Å². The number of rotatable bonds is 7. The smallest absolute Gasteiger partial charge is 0.304 e. The van der Waals surface area contributed by atoms with E-state index in [4.69, 9.17) is 14.4 Å². The number of halogens is 1. The van der Waals surface area contributed by atoms with Crippen LogP contribution in [0.5, 0.6) is 5.75 Å². The molecule has 2 aromatic carbocycles. The van der Waals surface area contributed by atoms with E-state index in [1.165, 1.54) is 49.6 Å². The van der Waals surface area contributed by atoms with Gasteiger partial charge in [0.05, 0.1) is 24.3 Å². The van der Waals surface area contributed by atoms with Gasteiger partial charge in [-0.15, -0.1) is 0 Å². The Hall–Kier alpha value is -3.24. The average Bonchev–Trinajstić information content (AvgIpc) is 3.15. The van der Waals surface area contributed by atoms with Crippen molar-refractivity contribution in [1.29, 1.82) is 0 Å². The number of hydrogen-bond donors (Lipinski definition) is 2. The van der Waals surface area contributed by atoms with E-state index in [2.05, 4.69) is 5.16 Å². The summed E-state index contributed by atoms with van der Waals surface area (Å²) < 4.78 is 47.0. The number of nitrogens with zero attached hydrogens (tertiary/aromatic N) is 1. The quantitative estimate of drug-likeness (QED) is 0.600. The number of carboxylic acids is 1. The van der Waals surface area contributed by atoms with Crippen molar-refractivity contribution in [2.24, 2.45) is 5.14 Å².